The molecule has 0 radical (unpaired) electrons. The van der Waals surface area contributed by atoms with Gasteiger partial charge in [-0.15, -0.1) is 0 Å². The molecule has 0 aliphatic heterocycles. The fourth-order valence-corrected chi connectivity index (χ4v) is 1.59. The Balaban J connectivity index is 2.30. The van der Waals surface area contributed by atoms with Gasteiger partial charge >= 0.3 is 0 Å². The molecule has 3 nitrogen and oxygen atoms in total. The van der Waals surface area contributed by atoms with Crippen LogP contribution in [0.3, 0.4) is 0 Å². The average molecular weight is 214 g/mol. The van der Waals surface area contributed by atoms with Crippen LogP contribution in [0.15, 0.2) is 30.5 Å². The second-order valence-electron chi connectivity index (χ2n) is 4.08. The topological polar surface area (TPSA) is 45.8 Å². The summed E-state index contributed by atoms with van der Waals surface area (Å²) < 4.78 is 0. The lowest BCUT2D eigenvalue weighted by atomic mass is 10.0. The minimum absolute atomic E-state index is 0.364. The van der Waals surface area contributed by atoms with E-state index >= 15 is 0 Å². The minimum atomic E-state index is 0.364. The Morgan fingerprint density at radius 3 is 2.44 bits per heavy atom. The van der Waals surface area contributed by atoms with Crippen molar-refractivity contribution < 1.29 is 4.79 Å². The number of H-pyrrole nitrogens is 1. The molecule has 0 unspecified atom stereocenters. The second kappa shape index (κ2) is 4.31. The summed E-state index contributed by atoms with van der Waals surface area (Å²) in [4.78, 5) is 17.4. The normalized spacial score (nSPS) is 10.7. The SMILES string of the molecule is CC(C)c1ccc(-c2cnc(C=O)[nH]2)cc1. The summed E-state index contributed by atoms with van der Waals surface area (Å²) in [5.74, 6) is 0.893. The molecule has 1 N–H and O–H groups in total. The zero-order valence-electron chi connectivity index (χ0n) is 9.40. The minimum Gasteiger partial charge on any atom is -0.336 e. The standard InChI is InChI=1S/C13H14N2O/c1-9(2)10-3-5-11(6-4-10)12-7-14-13(8-16)15-12/h3-9H,1-2H3,(H,14,15). The van der Waals surface area contributed by atoms with Gasteiger partial charge in [0.15, 0.2) is 12.1 Å². The van der Waals surface area contributed by atoms with Crippen molar-refractivity contribution in [1.82, 2.24) is 9.97 Å². The number of nitrogens with zero attached hydrogens (tertiary/aromatic N) is 1. The third-order valence-corrected chi connectivity index (χ3v) is 2.60. The molecule has 0 saturated carbocycles. The molecule has 0 saturated heterocycles. The number of benzene rings is 1. The molecule has 0 fully saturated rings. The maximum Gasteiger partial charge on any atom is 0.185 e. The number of aromatic nitrogens is 2. The predicted octanol–water partition coefficient (Wildman–Crippen LogP) is 3.01. The Bertz CT molecular complexity index is 483. The van der Waals surface area contributed by atoms with Gasteiger partial charge in [0.25, 0.3) is 0 Å². The summed E-state index contributed by atoms with van der Waals surface area (Å²) in [6, 6.07) is 8.28. The Morgan fingerprint density at radius 2 is 1.94 bits per heavy atom. The molecule has 0 amide bonds. The van der Waals surface area contributed by atoms with Crippen molar-refractivity contribution in [3.8, 4) is 11.3 Å². The zero-order valence-corrected chi connectivity index (χ0v) is 9.40. The number of rotatable bonds is 3. The quantitative estimate of drug-likeness (QED) is 0.798. The van der Waals surface area contributed by atoms with E-state index in [9.17, 15) is 4.79 Å². The van der Waals surface area contributed by atoms with Crippen LogP contribution in [0.2, 0.25) is 0 Å². The van der Waals surface area contributed by atoms with Crippen LogP contribution in [0.25, 0.3) is 11.3 Å². The molecular weight excluding hydrogens is 200 g/mol. The summed E-state index contributed by atoms with van der Waals surface area (Å²) in [7, 11) is 0. The fraction of sp³-hybridized carbons (Fsp3) is 0.231. The van der Waals surface area contributed by atoms with Crippen LogP contribution < -0.4 is 0 Å². The fourth-order valence-electron chi connectivity index (χ4n) is 1.59. The third-order valence-electron chi connectivity index (χ3n) is 2.60. The molecule has 0 bridgehead atoms. The van der Waals surface area contributed by atoms with Gasteiger partial charge in [-0.1, -0.05) is 38.1 Å². The molecule has 16 heavy (non-hydrogen) atoms. The van der Waals surface area contributed by atoms with Crippen LogP contribution in [-0.2, 0) is 0 Å². The smallest absolute Gasteiger partial charge is 0.185 e. The molecule has 0 atom stereocenters. The molecule has 2 rings (SSSR count). The number of hydrogen-bond acceptors (Lipinski definition) is 2. The number of imidazole rings is 1. The van der Waals surface area contributed by atoms with Gasteiger partial charge < -0.3 is 4.98 Å². The molecule has 1 aromatic carbocycles. The summed E-state index contributed by atoms with van der Waals surface area (Å²) >= 11 is 0. The predicted molar refractivity (Wildman–Crippen MR) is 63.5 cm³/mol. The number of aromatic amines is 1. The van der Waals surface area contributed by atoms with Gasteiger partial charge in [-0.3, -0.25) is 4.79 Å². The third kappa shape index (κ3) is 2.03. The van der Waals surface area contributed by atoms with Crippen molar-refractivity contribution in [1.29, 1.82) is 0 Å². The molecule has 2 aromatic rings. The largest absolute Gasteiger partial charge is 0.336 e. The highest BCUT2D eigenvalue weighted by Crippen LogP contribution is 2.20. The van der Waals surface area contributed by atoms with Crippen molar-refractivity contribution >= 4 is 6.29 Å². The summed E-state index contributed by atoms with van der Waals surface area (Å²) in [6.45, 7) is 4.32. The first-order valence-electron chi connectivity index (χ1n) is 5.31. The first-order valence-corrected chi connectivity index (χ1v) is 5.31. The van der Waals surface area contributed by atoms with E-state index in [-0.39, 0.29) is 0 Å². The Kier molecular flexibility index (Phi) is 2.86. The molecule has 1 aromatic heterocycles. The maximum absolute atomic E-state index is 10.5. The zero-order chi connectivity index (χ0) is 11.5. The highest BCUT2D eigenvalue weighted by molar-refractivity contribution is 5.71. The van der Waals surface area contributed by atoms with Gasteiger partial charge in [-0.05, 0) is 17.0 Å². The Morgan fingerprint density at radius 1 is 1.25 bits per heavy atom. The van der Waals surface area contributed by atoms with Crippen molar-refractivity contribution in [2.24, 2.45) is 0 Å². The van der Waals surface area contributed by atoms with E-state index in [1.807, 2.05) is 12.1 Å². The number of nitrogens with one attached hydrogen (secondary N) is 1. The van der Waals surface area contributed by atoms with Crippen LogP contribution in [-0.4, -0.2) is 16.3 Å². The van der Waals surface area contributed by atoms with E-state index in [1.54, 1.807) is 6.20 Å². The van der Waals surface area contributed by atoms with Gasteiger partial charge in [0.05, 0.1) is 11.9 Å². The Hall–Kier alpha value is -1.90. The maximum atomic E-state index is 10.5. The van der Waals surface area contributed by atoms with E-state index in [0.717, 1.165) is 11.3 Å². The van der Waals surface area contributed by atoms with Crippen molar-refractivity contribution in [2.75, 3.05) is 0 Å². The lowest BCUT2D eigenvalue weighted by molar-refractivity contribution is 0.111. The average Bonchev–Trinajstić information content (AvgIpc) is 2.77. The molecule has 3 heteroatoms. The Labute approximate surface area is 94.5 Å². The molecule has 0 aliphatic carbocycles. The highest BCUT2D eigenvalue weighted by atomic mass is 16.1. The summed E-state index contributed by atoms with van der Waals surface area (Å²) in [6.07, 6.45) is 2.39. The first-order chi connectivity index (χ1) is 7.70. The van der Waals surface area contributed by atoms with Gasteiger partial charge in [-0.25, -0.2) is 4.98 Å². The van der Waals surface area contributed by atoms with Crippen molar-refractivity contribution in [3.63, 3.8) is 0 Å². The number of hydrogen-bond donors (Lipinski definition) is 1. The van der Waals surface area contributed by atoms with Gasteiger partial charge in [0, 0.05) is 0 Å². The van der Waals surface area contributed by atoms with Crippen LogP contribution in [0.1, 0.15) is 35.9 Å². The molecule has 1 heterocycles. The molecule has 0 spiro atoms. The monoisotopic (exact) mass is 214 g/mol. The number of carbonyl (C=O) groups excluding carboxylic acids is 1. The first kappa shape index (κ1) is 10.6. The van der Waals surface area contributed by atoms with Gasteiger partial charge in [-0.2, -0.15) is 0 Å². The van der Waals surface area contributed by atoms with E-state index in [4.69, 9.17) is 0 Å². The molecular formula is C13H14N2O. The van der Waals surface area contributed by atoms with E-state index in [2.05, 4.69) is 35.9 Å². The van der Waals surface area contributed by atoms with Crippen LogP contribution in [0.4, 0.5) is 0 Å². The summed E-state index contributed by atoms with van der Waals surface area (Å²) in [5, 5.41) is 0. The summed E-state index contributed by atoms with van der Waals surface area (Å²) in [5.41, 5.74) is 3.22. The molecule has 82 valence electrons. The van der Waals surface area contributed by atoms with E-state index < -0.39 is 0 Å². The van der Waals surface area contributed by atoms with Crippen LogP contribution >= 0.6 is 0 Å². The van der Waals surface area contributed by atoms with Crippen molar-refractivity contribution in [3.05, 3.63) is 41.9 Å². The van der Waals surface area contributed by atoms with Gasteiger partial charge in [0.1, 0.15) is 0 Å². The number of aldehydes is 1. The lowest BCUT2D eigenvalue weighted by Gasteiger charge is -2.05. The van der Waals surface area contributed by atoms with Crippen LogP contribution in [0, 0.1) is 0 Å². The van der Waals surface area contributed by atoms with Gasteiger partial charge in [0.2, 0.25) is 0 Å². The van der Waals surface area contributed by atoms with Crippen molar-refractivity contribution in [2.45, 2.75) is 19.8 Å². The molecule has 0 aliphatic rings. The lowest BCUT2D eigenvalue weighted by Crippen LogP contribution is -1.87. The van der Waals surface area contributed by atoms with Crippen LogP contribution in [0.5, 0.6) is 0 Å². The van der Waals surface area contributed by atoms with E-state index in [1.165, 1.54) is 5.56 Å². The van der Waals surface area contributed by atoms with E-state index in [0.29, 0.717) is 18.0 Å². The second-order valence-corrected chi connectivity index (χ2v) is 4.08. The number of carbonyl (C=O) groups is 1. The highest BCUT2D eigenvalue weighted by Gasteiger charge is 2.03.